The molecular formula is C25H23N5O5S2. The van der Waals surface area contributed by atoms with Gasteiger partial charge in [-0.05, 0) is 74.0 Å². The van der Waals surface area contributed by atoms with Gasteiger partial charge in [0.2, 0.25) is 5.95 Å². The Morgan fingerprint density at radius 2 is 1.38 bits per heavy atom. The van der Waals surface area contributed by atoms with Crippen LogP contribution in [0.15, 0.2) is 94.9 Å². The van der Waals surface area contributed by atoms with Gasteiger partial charge in [0.15, 0.2) is 0 Å². The van der Waals surface area contributed by atoms with Crippen LogP contribution >= 0.6 is 0 Å². The van der Waals surface area contributed by atoms with Crippen molar-refractivity contribution < 1.29 is 21.6 Å². The third-order valence-corrected chi connectivity index (χ3v) is 8.04. The number of rotatable bonds is 8. The van der Waals surface area contributed by atoms with Crippen LogP contribution < -0.4 is 14.8 Å². The van der Waals surface area contributed by atoms with E-state index in [0.29, 0.717) is 16.9 Å². The highest BCUT2D eigenvalue weighted by Gasteiger charge is 2.19. The third-order valence-electron chi connectivity index (χ3n) is 5.32. The van der Waals surface area contributed by atoms with Gasteiger partial charge in [0.25, 0.3) is 26.0 Å². The van der Waals surface area contributed by atoms with Gasteiger partial charge in [0, 0.05) is 23.1 Å². The molecule has 0 aliphatic carbocycles. The topological polar surface area (TPSA) is 147 Å². The fourth-order valence-corrected chi connectivity index (χ4v) is 5.48. The Morgan fingerprint density at radius 3 is 2.05 bits per heavy atom. The van der Waals surface area contributed by atoms with Crippen molar-refractivity contribution in [3.63, 3.8) is 0 Å². The van der Waals surface area contributed by atoms with Crippen molar-refractivity contribution in [2.75, 3.05) is 14.8 Å². The third kappa shape index (κ3) is 6.11. The van der Waals surface area contributed by atoms with E-state index in [1.165, 1.54) is 42.6 Å². The van der Waals surface area contributed by atoms with Gasteiger partial charge in [0.1, 0.15) is 0 Å². The zero-order valence-corrected chi connectivity index (χ0v) is 21.5. The Morgan fingerprint density at radius 1 is 0.730 bits per heavy atom. The average molecular weight is 538 g/mol. The number of hydrogen-bond donors (Lipinski definition) is 3. The molecule has 0 aliphatic rings. The average Bonchev–Trinajstić information content (AvgIpc) is 2.86. The van der Waals surface area contributed by atoms with Crippen molar-refractivity contribution in [3.8, 4) is 0 Å². The summed E-state index contributed by atoms with van der Waals surface area (Å²) in [6.07, 6.45) is 1.45. The van der Waals surface area contributed by atoms with Crippen LogP contribution in [0.5, 0.6) is 0 Å². The maximum Gasteiger partial charge on any atom is 0.264 e. The van der Waals surface area contributed by atoms with Crippen molar-refractivity contribution in [1.82, 2.24) is 9.97 Å². The van der Waals surface area contributed by atoms with Crippen molar-refractivity contribution in [2.24, 2.45) is 0 Å². The number of carbonyl (C=O) groups excluding carboxylic acids is 1. The molecule has 37 heavy (non-hydrogen) atoms. The molecule has 0 saturated carbocycles. The van der Waals surface area contributed by atoms with E-state index >= 15 is 0 Å². The summed E-state index contributed by atoms with van der Waals surface area (Å²) >= 11 is 0. The SMILES string of the molecule is Cc1ccnc(NS(=O)(=O)c2ccc(NC(=O)c3cccc(NS(=O)(=O)c4ccccc4)c3C)cc2)n1. The molecule has 0 spiro atoms. The van der Waals surface area contributed by atoms with Crippen LogP contribution in [0.25, 0.3) is 0 Å². The lowest BCUT2D eigenvalue weighted by Gasteiger charge is -2.14. The molecule has 190 valence electrons. The van der Waals surface area contributed by atoms with E-state index in [9.17, 15) is 21.6 Å². The molecule has 0 bridgehead atoms. The molecule has 0 radical (unpaired) electrons. The molecule has 0 unspecified atom stereocenters. The van der Waals surface area contributed by atoms with E-state index in [2.05, 4.69) is 24.7 Å². The summed E-state index contributed by atoms with van der Waals surface area (Å²) in [6.45, 7) is 3.35. The van der Waals surface area contributed by atoms with Crippen molar-refractivity contribution in [2.45, 2.75) is 23.6 Å². The predicted octanol–water partition coefficient (Wildman–Crippen LogP) is 3.95. The maximum atomic E-state index is 12.9. The molecule has 10 nitrogen and oxygen atoms in total. The van der Waals surface area contributed by atoms with Crippen LogP contribution in [0.3, 0.4) is 0 Å². The van der Waals surface area contributed by atoms with E-state index in [0.717, 1.165) is 0 Å². The second kappa shape index (κ2) is 10.4. The lowest BCUT2D eigenvalue weighted by molar-refractivity contribution is 0.102. The van der Waals surface area contributed by atoms with E-state index < -0.39 is 26.0 Å². The highest BCUT2D eigenvalue weighted by Crippen LogP contribution is 2.24. The number of anilines is 3. The summed E-state index contributed by atoms with van der Waals surface area (Å²) in [7, 11) is -7.77. The van der Waals surface area contributed by atoms with Gasteiger partial charge in [-0.1, -0.05) is 24.3 Å². The normalized spacial score (nSPS) is 11.5. The number of nitrogens with one attached hydrogen (secondary N) is 3. The first-order valence-corrected chi connectivity index (χ1v) is 13.9. The minimum atomic E-state index is -3.93. The van der Waals surface area contributed by atoms with Crippen LogP contribution in [0.2, 0.25) is 0 Å². The molecule has 0 aliphatic heterocycles. The van der Waals surface area contributed by atoms with Crippen molar-refractivity contribution in [3.05, 3.63) is 102 Å². The molecule has 4 aromatic rings. The molecule has 0 saturated heterocycles. The lowest BCUT2D eigenvalue weighted by atomic mass is 10.1. The number of aryl methyl sites for hydroxylation is 1. The first-order chi connectivity index (χ1) is 17.5. The standard InChI is InChI=1S/C25H23N5O5S2/c1-17-15-16-26-25(27-17)30-37(34,35)21-13-11-19(12-14-21)28-24(31)22-9-6-10-23(18(22)2)29-36(32,33)20-7-4-3-5-8-20/h3-16,29H,1-2H3,(H,28,31)(H,26,27,30). The number of aromatic nitrogens is 2. The van der Waals surface area contributed by atoms with Gasteiger partial charge >= 0.3 is 0 Å². The van der Waals surface area contributed by atoms with Gasteiger partial charge in [0.05, 0.1) is 15.5 Å². The van der Waals surface area contributed by atoms with Crippen LogP contribution in [-0.4, -0.2) is 32.7 Å². The Kier molecular flexibility index (Phi) is 7.23. The Balaban J connectivity index is 1.49. The van der Waals surface area contributed by atoms with Gasteiger partial charge in [-0.2, -0.15) is 0 Å². The van der Waals surface area contributed by atoms with E-state index in [1.54, 1.807) is 56.3 Å². The fourth-order valence-electron chi connectivity index (χ4n) is 3.39. The highest BCUT2D eigenvalue weighted by atomic mass is 32.2. The smallest absolute Gasteiger partial charge is 0.264 e. The van der Waals surface area contributed by atoms with Crippen molar-refractivity contribution in [1.29, 1.82) is 0 Å². The molecule has 1 heterocycles. The van der Waals surface area contributed by atoms with Crippen LogP contribution in [0.1, 0.15) is 21.6 Å². The number of nitrogens with zero attached hydrogens (tertiary/aromatic N) is 2. The van der Waals surface area contributed by atoms with Crippen LogP contribution in [0, 0.1) is 13.8 Å². The minimum absolute atomic E-state index is 0.0379. The molecule has 0 fully saturated rings. The van der Waals surface area contributed by atoms with E-state index in [1.807, 2.05) is 0 Å². The van der Waals surface area contributed by atoms with Crippen molar-refractivity contribution >= 4 is 43.3 Å². The quantitative estimate of drug-likeness (QED) is 0.308. The molecule has 4 rings (SSSR count). The summed E-state index contributed by atoms with van der Waals surface area (Å²) in [6, 6.07) is 19.8. The van der Waals surface area contributed by atoms with Gasteiger partial charge in [-0.25, -0.2) is 31.5 Å². The predicted molar refractivity (Wildman–Crippen MR) is 140 cm³/mol. The molecule has 3 aromatic carbocycles. The molecule has 1 aromatic heterocycles. The van der Waals surface area contributed by atoms with Crippen LogP contribution in [-0.2, 0) is 20.0 Å². The number of sulfonamides is 2. The number of carbonyl (C=O) groups is 1. The minimum Gasteiger partial charge on any atom is -0.322 e. The molecule has 3 N–H and O–H groups in total. The molecule has 1 amide bonds. The first kappa shape index (κ1) is 25.8. The molecule has 12 heteroatoms. The maximum absolute atomic E-state index is 12.9. The summed E-state index contributed by atoms with van der Waals surface area (Å²) < 4.78 is 55.5. The second-order valence-electron chi connectivity index (χ2n) is 8.00. The Bertz CT molecular complexity index is 1660. The first-order valence-electron chi connectivity index (χ1n) is 11.0. The molecule has 0 atom stereocenters. The van der Waals surface area contributed by atoms with E-state index in [-0.39, 0.29) is 27.0 Å². The fraction of sp³-hybridized carbons (Fsp3) is 0.0800. The zero-order valence-electron chi connectivity index (χ0n) is 19.8. The Labute approximate surface area is 214 Å². The summed E-state index contributed by atoms with van der Waals surface area (Å²) in [5.41, 5.74) is 1.91. The number of hydrogen-bond acceptors (Lipinski definition) is 7. The van der Waals surface area contributed by atoms with E-state index in [4.69, 9.17) is 0 Å². The summed E-state index contributed by atoms with van der Waals surface area (Å²) in [5.74, 6) is -0.532. The van der Waals surface area contributed by atoms with Gasteiger partial charge < -0.3 is 5.32 Å². The Hall–Kier alpha value is -4.29. The monoisotopic (exact) mass is 537 g/mol. The zero-order chi connectivity index (χ0) is 26.6. The lowest BCUT2D eigenvalue weighted by Crippen LogP contribution is -2.17. The second-order valence-corrected chi connectivity index (χ2v) is 11.4. The molecular weight excluding hydrogens is 514 g/mol. The van der Waals surface area contributed by atoms with Gasteiger partial charge in [-0.3, -0.25) is 9.52 Å². The number of amides is 1. The van der Waals surface area contributed by atoms with Crippen LogP contribution in [0.4, 0.5) is 17.3 Å². The number of benzene rings is 3. The largest absolute Gasteiger partial charge is 0.322 e. The summed E-state index contributed by atoms with van der Waals surface area (Å²) in [5, 5.41) is 2.70. The van der Waals surface area contributed by atoms with Gasteiger partial charge in [-0.15, -0.1) is 0 Å². The summed E-state index contributed by atoms with van der Waals surface area (Å²) in [4.78, 5) is 20.9. The highest BCUT2D eigenvalue weighted by molar-refractivity contribution is 7.93.